The summed E-state index contributed by atoms with van der Waals surface area (Å²) in [5.41, 5.74) is 7.97. The first-order chi connectivity index (χ1) is 7.20. The highest BCUT2D eigenvalue weighted by molar-refractivity contribution is 5.72. The van der Waals surface area contributed by atoms with E-state index in [0.717, 1.165) is 11.3 Å². The van der Waals surface area contributed by atoms with E-state index < -0.39 is 0 Å². The molecule has 0 amide bonds. The Morgan fingerprint density at radius 2 is 1.87 bits per heavy atom. The first-order valence-corrected chi connectivity index (χ1v) is 4.56. The van der Waals surface area contributed by atoms with Gasteiger partial charge >= 0.3 is 0 Å². The number of rotatable bonds is 1. The van der Waals surface area contributed by atoms with E-state index in [1.165, 1.54) is 10.6 Å². The maximum absolute atomic E-state index is 11.5. The Labute approximate surface area is 87.0 Å². The van der Waals surface area contributed by atoms with Crippen LogP contribution in [-0.2, 0) is 7.05 Å². The van der Waals surface area contributed by atoms with Gasteiger partial charge in [-0.15, -0.1) is 0 Å². The summed E-state index contributed by atoms with van der Waals surface area (Å²) in [6.45, 7) is 0. The molecule has 2 heterocycles. The van der Waals surface area contributed by atoms with Crippen molar-refractivity contribution in [2.75, 3.05) is 5.73 Å². The fourth-order valence-electron chi connectivity index (χ4n) is 1.53. The lowest BCUT2D eigenvalue weighted by atomic mass is 10.1. The normalized spacial score (nSPS) is 10.2. The van der Waals surface area contributed by atoms with Gasteiger partial charge in [0.1, 0.15) is 0 Å². The van der Waals surface area contributed by atoms with Crippen LogP contribution in [0.25, 0.3) is 11.3 Å². The number of pyridine rings is 2. The first kappa shape index (κ1) is 9.45. The SMILES string of the molecule is Cn1c(-c2ccncc2)c(N)ccc1=O. The molecule has 0 atom stereocenters. The molecule has 0 aromatic carbocycles. The Morgan fingerprint density at radius 3 is 2.53 bits per heavy atom. The first-order valence-electron chi connectivity index (χ1n) is 4.56. The average Bonchev–Trinajstić information content (AvgIpc) is 2.26. The van der Waals surface area contributed by atoms with E-state index in [-0.39, 0.29) is 5.56 Å². The van der Waals surface area contributed by atoms with Crippen molar-refractivity contribution >= 4 is 5.69 Å². The van der Waals surface area contributed by atoms with Crippen LogP contribution in [0.2, 0.25) is 0 Å². The molecule has 0 aliphatic carbocycles. The number of hydrogen-bond acceptors (Lipinski definition) is 3. The second-order valence-corrected chi connectivity index (χ2v) is 3.27. The molecule has 0 saturated carbocycles. The molecule has 0 aliphatic heterocycles. The largest absolute Gasteiger partial charge is 0.397 e. The molecule has 2 aromatic heterocycles. The third-order valence-electron chi connectivity index (χ3n) is 2.30. The number of nitrogens with two attached hydrogens (primary N) is 1. The molecule has 4 nitrogen and oxygen atoms in total. The average molecular weight is 201 g/mol. The van der Waals surface area contributed by atoms with Gasteiger partial charge in [-0.05, 0) is 18.2 Å². The highest BCUT2D eigenvalue weighted by Gasteiger charge is 2.06. The van der Waals surface area contributed by atoms with E-state index in [1.807, 2.05) is 12.1 Å². The lowest BCUT2D eigenvalue weighted by molar-refractivity contribution is 0.873. The molecule has 0 unspecified atom stereocenters. The van der Waals surface area contributed by atoms with E-state index in [2.05, 4.69) is 4.98 Å². The van der Waals surface area contributed by atoms with E-state index >= 15 is 0 Å². The molecule has 0 spiro atoms. The molecule has 15 heavy (non-hydrogen) atoms. The van der Waals surface area contributed by atoms with Crippen molar-refractivity contribution in [2.45, 2.75) is 0 Å². The van der Waals surface area contributed by atoms with Gasteiger partial charge in [-0.25, -0.2) is 0 Å². The number of nitrogen functional groups attached to an aromatic ring is 1. The second kappa shape index (κ2) is 3.57. The summed E-state index contributed by atoms with van der Waals surface area (Å²) in [5.74, 6) is 0. The Kier molecular flexibility index (Phi) is 2.25. The Hall–Kier alpha value is -2.10. The molecule has 2 aromatic rings. The zero-order chi connectivity index (χ0) is 10.8. The van der Waals surface area contributed by atoms with E-state index in [4.69, 9.17) is 5.73 Å². The van der Waals surface area contributed by atoms with Gasteiger partial charge in [0.15, 0.2) is 0 Å². The maximum Gasteiger partial charge on any atom is 0.250 e. The molecule has 0 aliphatic rings. The Morgan fingerprint density at radius 1 is 1.20 bits per heavy atom. The highest BCUT2D eigenvalue weighted by atomic mass is 16.1. The minimum absolute atomic E-state index is 0.0731. The zero-order valence-corrected chi connectivity index (χ0v) is 8.34. The summed E-state index contributed by atoms with van der Waals surface area (Å²) in [5, 5.41) is 0. The molecule has 4 heteroatoms. The topological polar surface area (TPSA) is 60.9 Å². The standard InChI is InChI=1S/C11H11N3O/c1-14-10(15)3-2-9(12)11(14)8-4-6-13-7-5-8/h2-7H,12H2,1H3. The van der Waals surface area contributed by atoms with Crippen LogP contribution >= 0.6 is 0 Å². The molecule has 2 N–H and O–H groups in total. The predicted molar refractivity (Wildman–Crippen MR) is 59.3 cm³/mol. The van der Waals surface area contributed by atoms with Crippen LogP contribution in [0.15, 0.2) is 41.5 Å². The van der Waals surface area contributed by atoms with Crippen LogP contribution in [0.3, 0.4) is 0 Å². The third-order valence-corrected chi connectivity index (χ3v) is 2.30. The molecule has 76 valence electrons. The van der Waals surface area contributed by atoms with Crippen LogP contribution in [0, 0.1) is 0 Å². The smallest absolute Gasteiger partial charge is 0.250 e. The van der Waals surface area contributed by atoms with Crippen molar-refractivity contribution in [1.29, 1.82) is 0 Å². The number of hydrogen-bond donors (Lipinski definition) is 1. The van der Waals surface area contributed by atoms with Crippen molar-refractivity contribution in [3.63, 3.8) is 0 Å². The van der Waals surface area contributed by atoms with Gasteiger partial charge < -0.3 is 10.3 Å². The van der Waals surface area contributed by atoms with Gasteiger partial charge in [0.25, 0.3) is 5.56 Å². The van der Waals surface area contributed by atoms with Gasteiger partial charge in [-0.1, -0.05) is 0 Å². The monoisotopic (exact) mass is 201 g/mol. The maximum atomic E-state index is 11.5. The van der Waals surface area contributed by atoms with Gasteiger partial charge in [0, 0.05) is 31.1 Å². The van der Waals surface area contributed by atoms with Crippen LogP contribution in [-0.4, -0.2) is 9.55 Å². The Balaban J connectivity index is 2.73. The Bertz CT molecular complexity index is 531. The van der Waals surface area contributed by atoms with E-state index in [1.54, 1.807) is 25.5 Å². The van der Waals surface area contributed by atoms with Gasteiger partial charge in [0.05, 0.1) is 11.4 Å². The molecule has 2 rings (SSSR count). The summed E-state index contributed by atoms with van der Waals surface area (Å²) < 4.78 is 1.53. The summed E-state index contributed by atoms with van der Waals surface area (Å²) in [4.78, 5) is 15.4. The fraction of sp³-hybridized carbons (Fsp3) is 0.0909. The van der Waals surface area contributed by atoms with Gasteiger partial charge in [-0.3, -0.25) is 9.78 Å². The minimum Gasteiger partial charge on any atom is -0.397 e. The zero-order valence-electron chi connectivity index (χ0n) is 8.34. The fourth-order valence-corrected chi connectivity index (χ4v) is 1.53. The predicted octanol–water partition coefficient (Wildman–Crippen LogP) is 1.03. The van der Waals surface area contributed by atoms with Crippen molar-refractivity contribution < 1.29 is 0 Å². The molecule has 0 radical (unpaired) electrons. The molecule has 0 saturated heterocycles. The summed E-state index contributed by atoms with van der Waals surface area (Å²) in [6, 6.07) is 6.73. The summed E-state index contributed by atoms with van der Waals surface area (Å²) in [7, 11) is 1.70. The van der Waals surface area contributed by atoms with Crippen molar-refractivity contribution in [3.05, 3.63) is 47.0 Å². The molecular weight excluding hydrogens is 190 g/mol. The molecule has 0 bridgehead atoms. The number of nitrogens with zero attached hydrogens (tertiary/aromatic N) is 2. The third kappa shape index (κ3) is 1.61. The van der Waals surface area contributed by atoms with Crippen molar-refractivity contribution in [1.82, 2.24) is 9.55 Å². The highest BCUT2D eigenvalue weighted by Crippen LogP contribution is 2.22. The van der Waals surface area contributed by atoms with Crippen LogP contribution < -0.4 is 11.3 Å². The lowest BCUT2D eigenvalue weighted by Gasteiger charge is -2.10. The van der Waals surface area contributed by atoms with Crippen LogP contribution in [0.4, 0.5) is 5.69 Å². The van der Waals surface area contributed by atoms with E-state index in [9.17, 15) is 4.79 Å². The van der Waals surface area contributed by atoms with Crippen molar-refractivity contribution in [3.8, 4) is 11.3 Å². The summed E-state index contributed by atoms with van der Waals surface area (Å²) >= 11 is 0. The minimum atomic E-state index is -0.0731. The molecular formula is C11H11N3O. The van der Waals surface area contributed by atoms with Crippen molar-refractivity contribution in [2.24, 2.45) is 7.05 Å². The van der Waals surface area contributed by atoms with Gasteiger partial charge in [-0.2, -0.15) is 0 Å². The quantitative estimate of drug-likeness (QED) is 0.749. The second-order valence-electron chi connectivity index (χ2n) is 3.27. The van der Waals surface area contributed by atoms with Gasteiger partial charge in [0.2, 0.25) is 0 Å². The summed E-state index contributed by atoms with van der Waals surface area (Å²) in [6.07, 6.45) is 3.35. The van der Waals surface area contributed by atoms with Crippen LogP contribution in [0.1, 0.15) is 0 Å². The van der Waals surface area contributed by atoms with E-state index in [0.29, 0.717) is 5.69 Å². The number of anilines is 1. The molecule has 0 fully saturated rings. The lowest BCUT2D eigenvalue weighted by Crippen LogP contribution is -2.18. The number of aromatic nitrogens is 2. The van der Waals surface area contributed by atoms with Crippen LogP contribution in [0.5, 0.6) is 0 Å².